The van der Waals surface area contributed by atoms with Gasteiger partial charge in [0.15, 0.2) is 0 Å². The highest BCUT2D eigenvalue weighted by atomic mass is 16.5. The summed E-state index contributed by atoms with van der Waals surface area (Å²) >= 11 is 0. The van der Waals surface area contributed by atoms with Gasteiger partial charge in [0.1, 0.15) is 6.04 Å². The van der Waals surface area contributed by atoms with Gasteiger partial charge in [0.25, 0.3) is 0 Å². The van der Waals surface area contributed by atoms with Crippen LogP contribution >= 0.6 is 0 Å². The van der Waals surface area contributed by atoms with E-state index >= 15 is 0 Å². The van der Waals surface area contributed by atoms with Crippen molar-refractivity contribution in [3.05, 3.63) is 0 Å². The number of rotatable bonds is 5. The zero-order valence-corrected chi connectivity index (χ0v) is 12.1. The van der Waals surface area contributed by atoms with E-state index < -0.39 is 0 Å². The molecule has 1 saturated carbocycles. The van der Waals surface area contributed by atoms with E-state index in [4.69, 9.17) is 4.74 Å². The fourth-order valence-electron chi connectivity index (χ4n) is 2.65. The predicted molar refractivity (Wildman–Crippen MR) is 71.6 cm³/mol. The molecular weight excluding hydrogens is 244 g/mol. The Hall–Kier alpha value is -1.10. The van der Waals surface area contributed by atoms with Gasteiger partial charge >= 0.3 is 0 Å². The number of nitrogens with zero attached hydrogens (tertiary/aromatic N) is 1. The van der Waals surface area contributed by atoms with E-state index in [1.807, 2.05) is 20.8 Å². The van der Waals surface area contributed by atoms with Crippen LogP contribution < -0.4 is 5.32 Å². The molecule has 0 aromatic heterocycles. The number of nitrogens with one attached hydrogen (secondary N) is 1. The van der Waals surface area contributed by atoms with E-state index in [0.717, 1.165) is 12.8 Å². The fraction of sp³-hybridized carbons (Fsp3) is 0.857. The van der Waals surface area contributed by atoms with Crippen molar-refractivity contribution in [1.82, 2.24) is 10.2 Å². The summed E-state index contributed by atoms with van der Waals surface area (Å²) in [5.74, 6) is 0.385. The van der Waals surface area contributed by atoms with Gasteiger partial charge in [0, 0.05) is 26.1 Å². The van der Waals surface area contributed by atoms with E-state index in [0.29, 0.717) is 32.0 Å². The minimum Gasteiger partial charge on any atom is -0.374 e. The highest BCUT2D eigenvalue weighted by Gasteiger charge is 2.41. The van der Waals surface area contributed by atoms with Gasteiger partial charge in [-0.3, -0.25) is 9.59 Å². The Bertz CT molecular complexity index is 364. The van der Waals surface area contributed by atoms with E-state index in [-0.39, 0.29) is 23.5 Å². The highest BCUT2D eigenvalue weighted by Crippen LogP contribution is 2.34. The van der Waals surface area contributed by atoms with Gasteiger partial charge in [-0.1, -0.05) is 0 Å². The predicted octanol–water partition coefficient (Wildman–Crippen LogP) is 0.929. The lowest BCUT2D eigenvalue weighted by Crippen LogP contribution is -2.50. The Balaban J connectivity index is 2.05. The van der Waals surface area contributed by atoms with Crippen LogP contribution in [0.2, 0.25) is 0 Å². The third-order valence-corrected chi connectivity index (χ3v) is 3.70. The normalized spacial score (nSPS) is 25.2. The average molecular weight is 268 g/mol. The van der Waals surface area contributed by atoms with Crippen LogP contribution in [-0.2, 0) is 14.3 Å². The van der Waals surface area contributed by atoms with Gasteiger partial charge in [0.05, 0.1) is 5.60 Å². The molecule has 0 aromatic rings. The van der Waals surface area contributed by atoms with E-state index in [1.165, 1.54) is 0 Å². The minimum absolute atomic E-state index is 0.0121. The van der Waals surface area contributed by atoms with Crippen molar-refractivity contribution in [3.8, 4) is 0 Å². The van der Waals surface area contributed by atoms with E-state index in [1.54, 1.807) is 4.90 Å². The molecule has 1 saturated heterocycles. The standard InChI is InChI=1S/C14H24N2O3/c1-4-19-14(2,3)9-16-8-7-11(17)15-12(13(16)18)10-5-6-10/h10,12H,4-9H2,1-3H3,(H,15,17). The maximum absolute atomic E-state index is 12.5. The van der Waals surface area contributed by atoms with Crippen LogP contribution in [0.3, 0.4) is 0 Å². The largest absolute Gasteiger partial charge is 0.374 e. The van der Waals surface area contributed by atoms with Crippen molar-refractivity contribution in [1.29, 1.82) is 0 Å². The number of amides is 2. The number of ether oxygens (including phenoxy) is 1. The molecule has 0 bridgehead atoms. The van der Waals surface area contributed by atoms with Gasteiger partial charge in [-0.05, 0) is 39.5 Å². The molecule has 2 aliphatic rings. The fourth-order valence-corrected chi connectivity index (χ4v) is 2.65. The van der Waals surface area contributed by atoms with Gasteiger partial charge in [-0.2, -0.15) is 0 Å². The topological polar surface area (TPSA) is 58.6 Å². The summed E-state index contributed by atoms with van der Waals surface area (Å²) in [4.78, 5) is 26.0. The average Bonchev–Trinajstić information content (AvgIpc) is 3.13. The molecule has 1 aliphatic carbocycles. The van der Waals surface area contributed by atoms with Crippen molar-refractivity contribution in [3.63, 3.8) is 0 Å². The Morgan fingerprint density at radius 3 is 2.63 bits per heavy atom. The zero-order chi connectivity index (χ0) is 14.0. The quantitative estimate of drug-likeness (QED) is 0.807. The van der Waals surface area contributed by atoms with Crippen LogP contribution in [0.25, 0.3) is 0 Å². The smallest absolute Gasteiger partial charge is 0.245 e. The lowest BCUT2D eigenvalue weighted by molar-refractivity contribution is -0.138. The molecule has 2 rings (SSSR count). The first kappa shape index (κ1) is 14.3. The van der Waals surface area contributed by atoms with E-state index in [9.17, 15) is 9.59 Å². The highest BCUT2D eigenvalue weighted by molar-refractivity contribution is 5.90. The molecule has 1 aliphatic heterocycles. The molecule has 5 heteroatoms. The summed E-state index contributed by atoms with van der Waals surface area (Å²) in [7, 11) is 0. The molecule has 0 radical (unpaired) electrons. The van der Waals surface area contributed by atoms with Crippen LogP contribution in [0, 0.1) is 5.92 Å². The Kier molecular flexibility index (Phi) is 4.13. The van der Waals surface area contributed by atoms with Gasteiger partial charge in [-0.15, -0.1) is 0 Å². The summed E-state index contributed by atoms with van der Waals surface area (Å²) in [6.45, 7) is 7.57. The van der Waals surface area contributed by atoms with Gasteiger partial charge in [-0.25, -0.2) is 0 Å². The second-order valence-electron chi connectivity index (χ2n) is 6.09. The number of hydrogen-bond donors (Lipinski definition) is 1. The lowest BCUT2D eigenvalue weighted by atomic mass is 10.1. The Morgan fingerprint density at radius 2 is 2.05 bits per heavy atom. The Morgan fingerprint density at radius 1 is 1.37 bits per heavy atom. The number of carbonyl (C=O) groups excluding carboxylic acids is 2. The summed E-state index contributed by atoms with van der Waals surface area (Å²) < 4.78 is 5.66. The van der Waals surface area contributed by atoms with E-state index in [2.05, 4.69) is 5.32 Å². The van der Waals surface area contributed by atoms with Gasteiger partial charge < -0.3 is 15.0 Å². The SMILES string of the molecule is CCOC(C)(C)CN1CCC(=O)NC(C2CC2)C1=O. The summed E-state index contributed by atoms with van der Waals surface area (Å²) in [6, 6.07) is -0.313. The molecule has 1 atom stereocenters. The van der Waals surface area contributed by atoms with Crippen molar-refractivity contribution in [2.24, 2.45) is 5.92 Å². The Labute approximate surface area is 114 Å². The molecule has 1 unspecified atom stereocenters. The van der Waals surface area contributed by atoms with Crippen LogP contribution in [0.15, 0.2) is 0 Å². The van der Waals surface area contributed by atoms with Crippen molar-refractivity contribution >= 4 is 11.8 Å². The van der Waals surface area contributed by atoms with Crippen LogP contribution in [0.5, 0.6) is 0 Å². The summed E-state index contributed by atoms with van der Waals surface area (Å²) in [5.41, 5.74) is -0.369. The first-order chi connectivity index (χ1) is 8.93. The molecular formula is C14H24N2O3. The third kappa shape index (κ3) is 3.69. The summed E-state index contributed by atoms with van der Waals surface area (Å²) in [6.07, 6.45) is 2.47. The second-order valence-corrected chi connectivity index (χ2v) is 6.09. The van der Waals surface area contributed by atoms with Crippen molar-refractivity contribution < 1.29 is 14.3 Å². The second kappa shape index (κ2) is 5.49. The van der Waals surface area contributed by atoms with Crippen LogP contribution in [0.1, 0.15) is 40.0 Å². The molecule has 0 aromatic carbocycles. The van der Waals surface area contributed by atoms with Crippen LogP contribution in [0.4, 0.5) is 0 Å². The first-order valence-electron chi connectivity index (χ1n) is 7.15. The number of carbonyl (C=O) groups is 2. The zero-order valence-electron chi connectivity index (χ0n) is 12.1. The monoisotopic (exact) mass is 268 g/mol. The summed E-state index contributed by atoms with van der Waals surface area (Å²) in [5, 5.41) is 2.87. The molecule has 1 N–H and O–H groups in total. The molecule has 1 heterocycles. The maximum Gasteiger partial charge on any atom is 0.245 e. The molecule has 2 fully saturated rings. The molecule has 0 spiro atoms. The molecule has 2 amide bonds. The van der Waals surface area contributed by atoms with Crippen molar-refractivity contribution in [2.45, 2.75) is 51.7 Å². The first-order valence-corrected chi connectivity index (χ1v) is 7.15. The number of hydrogen-bond acceptors (Lipinski definition) is 3. The lowest BCUT2D eigenvalue weighted by Gasteiger charge is -2.33. The molecule has 5 nitrogen and oxygen atoms in total. The third-order valence-electron chi connectivity index (χ3n) is 3.70. The maximum atomic E-state index is 12.5. The van der Waals surface area contributed by atoms with Crippen LogP contribution in [-0.4, -0.2) is 48.1 Å². The van der Waals surface area contributed by atoms with Crippen molar-refractivity contribution in [2.75, 3.05) is 19.7 Å². The molecule has 108 valence electrons. The minimum atomic E-state index is -0.369. The van der Waals surface area contributed by atoms with Gasteiger partial charge in [0.2, 0.25) is 11.8 Å². The molecule has 19 heavy (non-hydrogen) atoms.